The van der Waals surface area contributed by atoms with Crippen LogP contribution in [0.5, 0.6) is 0 Å². The van der Waals surface area contributed by atoms with Gasteiger partial charge < -0.3 is 14.5 Å². The number of anilines is 1. The molecule has 7 nitrogen and oxygen atoms in total. The van der Waals surface area contributed by atoms with Crippen LogP contribution in [0.1, 0.15) is 18.4 Å². The van der Waals surface area contributed by atoms with Crippen LogP contribution in [0.3, 0.4) is 0 Å². The van der Waals surface area contributed by atoms with Crippen molar-refractivity contribution in [1.29, 1.82) is 0 Å². The molecule has 1 fully saturated rings. The summed E-state index contributed by atoms with van der Waals surface area (Å²) in [4.78, 5) is 12.3. The minimum absolute atomic E-state index is 0.0833. The molecule has 0 spiro atoms. The molecule has 28 heavy (non-hydrogen) atoms. The molecule has 3 aromatic rings. The Hall–Kier alpha value is -2.58. The van der Waals surface area contributed by atoms with Gasteiger partial charge in [0.05, 0.1) is 24.7 Å². The first kappa shape index (κ1) is 18.8. The summed E-state index contributed by atoms with van der Waals surface area (Å²) in [7, 11) is 0. The predicted octanol–water partition coefficient (Wildman–Crippen LogP) is 3.76. The Labute approximate surface area is 167 Å². The van der Waals surface area contributed by atoms with Crippen molar-refractivity contribution >= 4 is 23.4 Å². The molecule has 4 rings (SSSR count). The number of hydrogen-bond donors (Lipinski definition) is 1. The van der Waals surface area contributed by atoms with Gasteiger partial charge in [-0.2, -0.15) is 0 Å². The highest BCUT2D eigenvalue weighted by Crippen LogP contribution is 2.27. The van der Waals surface area contributed by atoms with Gasteiger partial charge in [-0.1, -0.05) is 29.5 Å². The molecule has 0 aliphatic carbocycles. The number of thioether (sulfide) groups is 1. The van der Waals surface area contributed by atoms with Crippen molar-refractivity contribution in [2.75, 3.05) is 17.7 Å². The number of nitrogens with one attached hydrogen (secondary N) is 1. The summed E-state index contributed by atoms with van der Waals surface area (Å²) in [6, 6.07) is 11.4. The molecule has 146 valence electrons. The van der Waals surface area contributed by atoms with Gasteiger partial charge in [0.25, 0.3) is 0 Å². The van der Waals surface area contributed by atoms with E-state index in [1.54, 1.807) is 6.26 Å². The first-order valence-corrected chi connectivity index (χ1v) is 10.3. The first-order valence-electron chi connectivity index (χ1n) is 9.27. The molecule has 0 saturated carbocycles. The van der Waals surface area contributed by atoms with Crippen molar-refractivity contribution in [3.63, 3.8) is 0 Å². The van der Waals surface area contributed by atoms with Crippen LogP contribution in [0.4, 0.5) is 5.69 Å². The highest BCUT2D eigenvalue weighted by molar-refractivity contribution is 7.99. The Kier molecular flexibility index (Phi) is 5.78. The normalized spacial score (nSPS) is 16.4. The van der Waals surface area contributed by atoms with E-state index >= 15 is 0 Å². The number of carbonyl (C=O) groups excluding carboxylic acids is 1. The lowest BCUT2D eigenvalue weighted by Gasteiger charge is -2.14. The molecule has 1 N–H and O–H groups in total. The highest BCUT2D eigenvalue weighted by Gasteiger charge is 2.23. The Morgan fingerprint density at radius 3 is 2.86 bits per heavy atom. The molecule has 0 bridgehead atoms. The van der Waals surface area contributed by atoms with E-state index in [0.29, 0.717) is 23.3 Å². The van der Waals surface area contributed by atoms with Crippen LogP contribution in [0.2, 0.25) is 0 Å². The maximum atomic E-state index is 12.3. The van der Waals surface area contributed by atoms with Crippen LogP contribution >= 0.6 is 11.8 Å². The molecule has 2 aromatic heterocycles. The molecular formula is C20H22N4O3S. The van der Waals surface area contributed by atoms with E-state index in [0.717, 1.165) is 30.7 Å². The standard InChI is InChI=1S/C20H22N4O3S/c1-14-6-8-15(9-7-14)21-18(25)13-28-20-23-22-19(17-5-3-11-27-17)24(20)12-16-4-2-10-26-16/h3,5-9,11,16H,2,4,10,12-13H2,1H3,(H,21,25). The maximum absolute atomic E-state index is 12.3. The number of ether oxygens (including phenoxy) is 1. The van der Waals surface area contributed by atoms with Crippen molar-refractivity contribution in [3.05, 3.63) is 48.2 Å². The fraction of sp³-hybridized carbons (Fsp3) is 0.350. The van der Waals surface area contributed by atoms with Crippen molar-refractivity contribution in [1.82, 2.24) is 14.8 Å². The monoisotopic (exact) mass is 398 g/mol. The second kappa shape index (κ2) is 8.62. The molecule has 0 radical (unpaired) electrons. The van der Waals surface area contributed by atoms with Crippen LogP contribution in [0.25, 0.3) is 11.6 Å². The number of aryl methyl sites for hydroxylation is 1. The van der Waals surface area contributed by atoms with E-state index in [-0.39, 0.29) is 17.8 Å². The Morgan fingerprint density at radius 2 is 2.14 bits per heavy atom. The first-order chi connectivity index (χ1) is 13.7. The predicted molar refractivity (Wildman–Crippen MR) is 107 cm³/mol. The number of benzene rings is 1. The molecule has 1 unspecified atom stereocenters. The lowest BCUT2D eigenvalue weighted by atomic mass is 10.2. The van der Waals surface area contributed by atoms with E-state index in [4.69, 9.17) is 9.15 Å². The fourth-order valence-electron chi connectivity index (χ4n) is 3.10. The van der Waals surface area contributed by atoms with Gasteiger partial charge in [0.1, 0.15) is 0 Å². The lowest BCUT2D eigenvalue weighted by Crippen LogP contribution is -2.18. The number of hydrogen-bond acceptors (Lipinski definition) is 6. The van der Waals surface area contributed by atoms with Crippen molar-refractivity contribution in [3.8, 4) is 11.6 Å². The average molecular weight is 398 g/mol. The summed E-state index contributed by atoms with van der Waals surface area (Å²) >= 11 is 1.36. The number of furan rings is 1. The van der Waals surface area contributed by atoms with Crippen LogP contribution in [0.15, 0.2) is 52.2 Å². The minimum atomic E-state index is -0.0833. The van der Waals surface area contributed by atoms with Crippen molar-refractivity contribution < 1.29 is 13.9 Å². The van der Waals surface area contributed by atoms with Gasteiger partial charge in [0.15, 0.2) is 10.9 Å². The SMILES string of the molecule is Cc1ccc(NC(=O)CSc2nnc(-c3ccco3)n2CC2CCCO2)cc1. The van der Waals surface area contributed by atoms with Gasteiger partial charge in [0.2, 0.25) is 11.7 Å². The summed E-state index contributed by atoms with van der Waals surface area (Å²) in [5, 5.41) is 12.2. The van der Waals surface area contributed by atoms with E-state index in [9.17, 15) is 4.79 Å². The van der Waals surface area contributed by atoms with Gasteiger partial charge in [0, 0.05) is 12.3 Å². The van der Waals surface area contributed by atoms with E-state index in [1.807, 2.05) is 47.9 Å². The summed E-state index contributed by atoms with van der Waals surface area (Å²) in [5.41, 5.74) is 1.94. The van der Waals surface area contributed by atoms with Crippen LogP contribution in [-0.4, -0.2) is 39.1 Å². The number of carbonyl (C=O) groups is 1. The third-order valence-corrected chi connectivity index (χ3v) is 5.50. The second-order valence-electron chi connectivity index (χ2n) is 6.73. The molecule has 1 aliphatic heterocycles. The van der Waals surface area contributed by atoms with Gasteiger partial charge in [-0.05, 0) is 44.0 Å². The molecular weight excluding hydrogens is 376 g/mol. The minimum Gasteiger partial charge on any atom is -0.461 e. The Bertz CT molecular complexity index is 916. The number of aromatic nitrogens is 3. The lowest BCUT2D eigenvalue weighted by molar-refractivity contribution is -0.113. The Balaban J connectivity index is 1.45. The van der Waals surface area contributed by atoms with Crippen LogP contribution in [-0.2, 0) is 16.1 Å². The van der Waals surface area contributed by atoms with Gasteiger partial charge in [-0.25, -0.2) is 0 Å². The van der Waals surface area contributed by atoms with Crippen molar-refractivity contribution in [2.45, 2.75) is 37.6 Å². The van der Waals surface area contributed by atoms with Crippen LogP contribution in [0, 0.1) is 6.92 Å². The van der Waals surface area contributed by atoms with Gasteiger partial charge in [-0.3, -0.25) is 9.36 Å². The quantitative estimate of drug-likeness (QED) is 0.610. The third kappa shape index (κ3) is 4.45. The number of nitrogens with zero attached hydrogens (tertiary/aromatic N) is 3. The third-order valence-electron chi connectivity index (χ3n) is 4.54. The van der Waals surface area contributed by atoms with E-state index in [2.05, 4.69) is 15.5 Å². The summed E-state index contributed by atoms with van der Waals surface area (Å²) in [6.45, 7) is 3.44. The maximum Gasteiger partial charge on any atom is 0.234 e. The van der Waals surface area contributed by atoms with Crippen LogP contribution < -0.4 is 5.32 Å². The topological polar surface area (TPSA) is 82.2 Å². The molecule has 1 amide bonds. The fourth-order valence-corrected chi connectivity index (χ4v) is 3.85. The molecule has 8 heteroatoms. The molecule has 1 aliphatic rings. The highest BCUT2D eigenvalue weighted by atomic mass is 32.2. The van der Waals surface area contributed by atoms with E-state index in [1.165, 1.54) is 11.8 Å². The van der Waals surface area contributed by atoms with Crippen molar-refractivity contribution in [2.24, 2.45) is 0 Å². The second-order valence-corrected chi connectivity index (χ2v) is 7.67. The summed E-state index contributed by atoms with van der Waals surface area (Å²) in [5.74, 6) is 1.47. The van der Waals surface area contributed by atoms with Gasteiger partial charge >= 0.3 is 0 Å². The number of rotatable bonds is 7. The average Bonchev–Trinajstić information content (AvgIpc) is 3.44. The zero-order valence-electron chi connectivity index (χ0n) is 15.6. The Morgan fingerprint density at radius 1 is 1.29 bits per heavy atom. The summed E-state index contributed by atoms with van der Waals surface area (Å²) in [6.07, 6.45) is 3.81. The zero-order chi connectivity index (χ0) is 19.3. The summed E-state index contributed by atoms with van der Waals surface area (Å²) < 4.78 is 13.3. The molecule has 1 saturated heterocycles. The molecule has 1 atom stereocenters. The van der Waals surface area contributed by atoms with E-state index < -0.39 is 0 Å². The number of amides is 1. The largest absolute Gasteiger partial charge is 0.461 e. The van der Waals surface area contributed by atoms with Gasteiger partial charge in [-0.15, -0.1) is 10.2 Å². The molecule has 3 heterocycles. The smallest absolute Gasteiger partial charge is 0.234 e. The zero-order valence-corrected chi connectivity index (χ0v) is 16.4. The molecule has 1 aromatic carbocycles.